The molecule has 7 heteroatoms. The highest BCUT2D eigenvalue weighted by Gasteiger charge is 2.50. The van der Waals surface area contributed by atoms with E-state index in [-0.39, 0.29) is 12.5 Å². The lowest BCUT2D eigenvalue weighted by atomic mass is 9.97. The lowest BCUT2D eigenvalue weighted by Gasteiger charge is -2.34. The minimum atomic E-state index is -2.52. The fourth-order valence-electron chi connectivity index (χ4n) is 5.56. The molecular weight excluding hydrogens is 640 g/mol. The van der Waals surface area contributed by atoms with Gasteiger partial charge in [-0.1, -0.05) is 59.1 Å². The number of phenols is 1. The third-order valence-corrected chi connectivity index (χ3v) is 12.7. The van der Waals surface area contributed by atoms with Crippen molar-refractivity contribution < 1.29 is 9.84 Å². The summed E-state index contributed by atoms with van der Waals surface area (Å²) in [6.45, 7) is 8.02. The minimum Gasteiger partial charge on any atom is -0.507 e. The molecular formula is C38H34Cl3NO2P+. The number of hydrogen-bond donors (Lipinski definition) is 1. The van der Waals surface area contributed by atoms with Gasteiger partial charge in [-0.05, 0) is 121 Å². The first kappa shape index (κ1) is 32.8. The molecule has 0 fully saturated rings. The van der Waals surface area contributed by atoms with Gasteiger partial charge >= 0.3 is 0 Å². The Morgan fingerprint density at radius 2 is 1.07 bits per heavy atom. The number of rotatable bonds is 12. The van der Waals surface area contributed by atoms with Crippen molar-refractivity contribution in [2.24, 2.45) is 0 Å². The van der Waals surface area contributed by atoms with E-state index in [1.54, 1.807) is 6.07 Å². The summed E-state index contributed by atoms with van der Waals surface area (Å²) in [5.74, 6) is 0.837. The predicted octanol–water partition coefficient (Wildman–Crippen LogP) is 9.65. The van der Waals surface area contributed by atoms with E-state index >= 15 is 0 Å². The van der Waals surface area contributed by atoms with Gasteiger partial charge in [-0.25, -0.2) is 0 Å². The van der Waals surface area contributed by atoms with E-state index in [2.05, 4.69) is 67.3 Å². The van der Waals surface area contributed by atoms with Crippen molar-refractivity contribution in [3.63, 3.8) is 0 Å². The van der Waals surface area contributed by atoms with Gasteiger partial charge in [0.25, 0.3) is 0 Å². The third kappa shape index (κ3) is 7.15. The van der Waals surface area contributed by atoms with E-state index in [9.17, 15) is 5.11 Å². The molecule has 1 N–H and O–H groups in total. The van der Waals surface area contributed by atoms with Crippen molar-refractivity contribution in [1.29, 1.82) is 0 Å². The zero-order valence-electron chi connectivity index (χ0n) is 25.0. The average molecular weight is 674 g/mol. The van der Waals surface area contributed by atoms with Crippen LogP contribution in [0.2, 0.25) is 15.1 Å². The second-order valence-electron chi connectivity index (χ2n) is 10.7. The molecule has 0 aromatic heterocycles. The van der Waals surface area contributed by atoms with Gasteiger partial charge in [0.1, 0.15) is 27.4 Å². The topological polar surface area (TPSA) is 32.7 Å². The zero-order chi connectivity index (χ0) is 32.0. The summed E-state index contributed by atoms with van der Waals surface area (Å²) < 4.78 is 8.96. The lowest BCUT2D eigenvalue weighted by molar-refractivity contribution is 0.229. The van der Waals surface area contributed by atoms with E-state index in [4.69, 9.17) is 39.5 Å². The number of ether oxygens (including phenoxy) is 1. The van der Waals surface area contributed by atoms with Crippen LogP contribution in [0.1, 0.15) is 11.1 Å². The summed E-state index contributed by atoms with van der Waals surface area (Å²) in [5.41, 5.74) is 3.62. The first-order chi connectivity index (χ1) is 21.8. The second-order valence-corrected chi connectivity index (χ2v) is 15.5. The van der Waals surface area contributed by atoms with Gasteiger partial charge in [-0.15, -0.1) is 17.8 Å². The molecule has 3 nitrogen and oxygen atoms in total. The first-order valence-corrected chi connectivity index (χ1v) is 17.3. The highest BCUT2D eigenvalue weighted by Crippen LogP contribution is 2.58. The largest absolute Gasteiger partial charge is 0.507 e. The summed E-state index contributed by atoms with van der Waals surface area (Å²) in [7, 11) is -0.447. The fourth-order valence-corrected chi connectivity index (χ4v) is 9.99. The summed E-state index contributed by atoms with van der Waals surface area (Å²) >= 11 is 19.1. The van der Waals surface area contributed by atoms with Crippen LogP contribution in [0.3, 0.4) is 0 Å². The molecule has 5 rings (SSSR count). The molecule has 0 atom stereocenters. The van der Waals surface area contributed by atoms with Crippen molar-refractivity contribution in [1.82, 2.24) is 4.67 Å². The molecule has 0 amide bonds. The van der Waals surface area contributed by atoms with E-state index in [0.29, 0.717) is 39.2 Å². The van der Waals surface area contributed by atoms with E-state index in [1.165, 1.54) is 0 Å². The van der Waals surface area contributed by atoms with Crippen LogP contribution in [0.5, 0.6) is 11.5 Å². The van der Waals surface area contributed by atoms with Gasteiger partial charge in [0, 0.05) is 33.2 Å². The van der Waals surface area contributed by atoms with Crippen LogP contribution in [0.25, 0.3) is 11.1 Å². The SMILES string of the molecule is C=CCc1ccc(O)c(-c2cc(CC=C)ccc2OCN(C)[P+](c2ccc(Cl)cc2)(c2ccc(Cl)cc2)c2ccc(Cl)cc2)c1. The maximum atomic E-state index is 11.0. The molecule has 45 heavy (non-hydrogen) atoms. The zero-order valence-corrected chi connectivity index (χ0v) is 28.1. The molecule has 0 aliphatic rings. The predicted molar refractivity (Wildman–Crippen MR) is 195 cm³/mol. The number of allylic oxidation sites excluding steroid dienone is 2. The first-order valence-electron chi connectivity index (χ1n) is 14.4. The molecule has 5 aromatic rings. The summed E-state index contributed by atoms with van der Waals surface area (Å²) in [6.07, 6.45) is 5.10. The molecule has 0 aliphatic carbocycles. The summed E-state index contributed by atoms with van der Waals surface area (Å²) in [5, 5.41) is 16.2. The Labute approximate surface area is 281 Å². The van der Waals surface area contributed by atoms with Crippen LogP contribution in [0.4, 0.5) is 0 Å². The monoisotopic (exact) mass is 672 g/mol. The van der Waals surface area contributed by atoms with E-state index < -0.39 is 7.41 Å². The summed E-state index contributed by atoms with van der Waals surface area (Å²) in [6, 6.07) is 35.7. The van der Waals surface area contributed by atoms with Gasteiger partial charge in [-0.2, -0.15) is 0 Å². The Morgan fingerprint density at radius 3 is 1.51 bits per heavy atom. The molecule has 0 saturated heterocycles. The fraction of sp³-hybridized carbons (Fsp3) is 0.105. The molecule has 0 aliphatic heterocycles. The number of hydrogen-bond acceptors (Lipinski definition) is 3. The highest BCUT2D eigenvalue weighted by atomic mass is 35.5. The Hall–Kier alpha value is -3.56. The number of benzene rings is 5. The second kappa shape index (κ2) is 14.7. The molecule has 0 radical (unpaired) electrons. The average Bonchev–Trinajstić information content (AvgIpc) is 3.04. The van der Waals surface area contributed by atoms with Crippen LogP contribution < -0.4 is 20.7 Å². The van der Waals surface area contributed by atoms with Crippen molar-refractivity contribution in [2.45, 2.75) is 12.8 Å². The van der Waals surface area contributed by atoms with Gasteiger partial charge < -0.3 is 9.84 Å². The number of aromatic hydroxyl groups is 1. The molecule has 228 valence electrons. The van der Waals surface area contributed by atoms with Crippen LogP contribution in [0, 0.1) is 0 Å². The van der Waals surface area contributed by atoms with Crippen molar-refractivity contribution in [2.75, 3.05) is 13.8 Å². The van der Waals surface area contributed by atoms with E-state index in [1.807, 2.05) is 72.8 Å². The van der Waals surface area contributed by atoms with Gasteiger partial charge in [0.15, 0.2) is 14.1 Å². The Bertz CT molecular complexity index is 1680. The quantitative estimate of drug-likeness (QED) is 0.0814. The van der Waals surface area contributed by atoms with Crippen LogP contribution >= 0.6 is 42.2 Å². The molecule has 5 aromatic carbocycles. The van der Waals surface area contributed by atoms with Crippen LogP contribution in [-0.4, -0.2) is 23.6 Å². The van der Waals surface area contributed by atoms with Gasteiger partial charge in [0.05, 0.1) is 0 Å². The molecule has 0 bridgehead atoms. The Morgan fingerprint density at radius 1 is 0.644 bits per heavy atom. The van der Waals surface area contributed by atoms with Crippen LogP contribution in [-0.2, 0) is 12.8 Å². The number of halogens is 3. The standard InChI is InChI=1S/C38H33Cl3NO2P/c1-4-6-27-8-22-37(43)35(24-27)36-25-28(7-5-2)9-23-38(36)44-26-42(3)45(32-16-10-29(39)11-17-32,33-18-12-30(40)13-19-33)34-20-14-31(41)15-21-34/h4-5,8-25H,1-2,6-7,26H2,3H3/p+1. The minimum absolute atomic E-state index is 0.183. The van der Waals surface area contributed by atoms with Crippen LogP contribution in [0.15, 0.2) is 135 Å². The summed E-state index contributed by atoms with van der Waals surface area (Å²) in [4.78, 5) is 0. The Balaban J connectivity index is 1.64. The lowest BCUT2D eigenvalue weighted by Crippen LogP contribution is -2.43. The maximum absolute atomic E-state index is 11.0. The highest BCUT2D eigenvalue weighted by molar-refractivity contribution is 7.93. The molecule has 0 spiro atoms. The van der Waals surface area contributed by atoms with Crippen molar-refractivity contribution in [3.8, 4) is 22.6 Å². The van der Waals surface area contributed by atoms with E-state index in [0.717, 1.165) is 32.6 Å². The van der Waals surface area contributed by atoms with Gasteiger partial charge in [-0.3, -0.25) is 0 Å². The Kier molecular flexibility index (Phi) is 10.7. The van der Waals surface area contributed by atoms with Gasteiger partial charge in [0.2, 0.25) is 0 Å². The number of phenolic OH excluding ortho intramolecular Hbond substituents is 1. The molecule has 0 heterocycles. The molecule has 0 unspecified atom stereocenters. The van der Waals surface area contributed by atoms with Crippen molar-refractivity contribution in [3.05, 3.63) is 161 Å². The smallest absolute Gasteiger partial charge is 0.184 e. The maximum Gasteiger partial charge on any atom is 0.184 e. The number of nitrogens with zero attached hydrogens (tertiary/aromatic N) is 1. The third-order valence-electron chi connectivity index (χ3n) is 7.68. The van der Waals surface area contributed by atoms with Crippen molar-refractivity contribution >= 4 is 58.1 Å². The normalized spacial score (nSPS) is 11.4. The molecule has 0 saturated carbocycles.